The summed E-state index contributed by atoms with van der Waals surface area (Å²) in [5, 5.41) is 13.8. The van der Waals surface area contributed by atoms with Gasteiger partial charge in [0.1, 0.15) is 0 Å². The van der Waals surface area contributed by atoms with Crippen molar-refractivity contribution < 1.29 is 23.1 Å². The van der Waals surface area contributed by atoms with Crippen LogP contribution < -0.4 is 10.4 Å². The minimum Gasteiger partial charge on any atom is -0.545 e. The van der Waals surface area contributed by atoms with Crippen molar-refractivity contribution in [2.24, 2.45) is 0 Å². The van der Waals surface area contributed by atoms with Gasteiger partial charge in [0.15, 0.2) is 0 Å². The van der Waals surface area contributed by atoms with Crippen molar-refractivity contribution in [1.82, 2.24) is 14.9 Å². The van der Waals surface area contributed by atoms with Gasteiger partial charge in [0.05, 0.1) is 23.6 Å². The lowest BCUT2D eigenvalue weighted by Gasteiger charge is -2.09. The SMILES string of the molecule is O=C([O-])c1ccc(Cn2cnc(CNCc3cccc(C(F)(F)F)c3)c2)cc1. The Morgan fingerprint density at radius 3 is 2.50 bits per heavy atom. The number of hydrogen-bond acceptors (Lipinski definition) is 4. The molecule has 0 saturated carbocycles. The van der Waals surface area contributed by atoms with Crippen LogP contribution in [0.15, 0.2) is 61.1 Å². The number of carbonyl (C=O) groups excluding carboxylic acids is 1. The summed E-state index contributed by atoms with van der Waals surface area (Å²) < 4.78 is 40.0. The highest BCUT2D eigenvalue weighted by Crippen LogP contribution is 2.29. The Labute approximate surface area is 159 Å². The number of alkyl halides is 3. The zero-order valence-corrected chi connectivity index (χ0v) is 14.7. The lowest BCUT2D eigenvalue weighted by molar-refractivity contribution is -0.255. The van der Waals surface area contributed by atoms with Crippen LogP contribution in [0, 0.1) is 0 Å². The molecule has 5 nitrogen and oxygen atoms in total. The average molecular weight is 388 g/mol. The van der Waals surface area contributed by atoms with Crippen LogP contribution in [0.2, 0.25) is 0 Å². The molecule has 0 unspecified atom stereocenters. The van der Waals surface area contributed by atoms with E-state index in [9.17, 15) is 23.1 Å². The normalized spacial score (nSPS) is 11.5. The van der Waals surface area contributed by atoms with E-state index in [1.807, 2.05) is 10.8 Å². The van der Waals surface area contributed by atoms with Crippen LogP contribution >= 0.6 is 0 Å². The molecule has 2 aromatic carbocycles. The number of carboxylic acid groups (broad SMARTS) is 1. The second kappa shape index (κ2) is 8.26. The Bertz CT molecular complexity index is 950. The number of hydrogen-bond donors (Lipinski definition) is 1. The third-order valence-electron chi connectivity index (χ3n) is 4.13. The van der Waals surface area contributed by atoms with Crippen molar-refractivity contribution in [2.45, 2.75) is 25.8 Å². The first-order valence-electron chi connectivity index (χ1n) is 8.49. The number of rotatable bonds is 7. The second-order valence-electron chi connectivity index (χ2n) is 6.32. The van der Waals surface area contributed by atoms with E-state index in [0.29, 0.717) is 25.2 Å². The molecule has 3 rings (SSSR count). The van der Waals surface area contributed by atoms with Crippen LogP contribution in [0.5, 0.6) is 0 Å². The smallest absolute Gasteiger partial charge is 0.416 e. The largest absolute Gasteiger partial charge is 0.545 e. The zero-order valence-electron chi connectivity index (χ0n) is 14.7. The molecule has 0 spiro atoms. The van der Waals surface area contributed by atoms with Gasteiger partial charge in [0.25, 0.3) is 0 Å². The minimum atomic E-state index is -4.35. The third kappa shape index (κ3) is 5.20. The van der Waals surface area contributed by atoms with E-state index in [0.717, 1.165) is 23.4 Å². The summed E-state index contributed by atoms with van der Waals surface area (Å²) in [6.07, 6.45) is -0.881. The van der Waals surface area contributed by atoms with E-state index >= 15 is 0 Å². The summed E-state index contributed by atoms with van der Waals surface area (Å²) in [7, 11) is 0. The molecule has 0 radical (unpaired) electrons. The van der Waals surface area contributed by atoms with Gasteiger partial charge in [-0.3, -0.25) is 0 Å². The maximum absolute atomic E-state index is 12.7. The fourth-order valence-electron chi connectivity index (χ4n) is 2.73. The van der Waals surface area contributed by atoms with E-state index in [1.54, 1.807) is 24.5 Å². The number of carbonyl (C=O) groups is 1. The number of aromatic carboxylic acids is 1. The van der Waals surface area contributed by atoms with Gasteiger partial charge in [-0.2, -0.15) is 13.2 Å². The van der Waals surface area contributed by atoms with Crippen LogP contribution in [0.25, 0.3) is 0 Å². The maximum Gasteiger partial charge on any atom is 0.416 e. The lowest BCUT2D eigenvalue weighted by Crippen LogP contribution is -2.22. The molecule has 8 heteroatoms. The Kier molecular flexibility index (Phi) is 5.79. The van der Waals surface area contributed by atoms with Crippen molar-refractivity contribution in [3.63, 3.8) is 0 Å². The summed E-state index contributed by atoms with van der Waals surface area (Å²) in [5.74, 6) is -1.22. The predicted molar refractivity (Wildman–Crippen MR) is 94.1 cm³/mol. The highest BCUT2D eigenvalue weighted by molar-refractivity contribution is 5.85. The highest BCUT2D eigenvalue weighted by atomic mass is 19.4. The molecule has 0 aliphatic heterocycles. The molecule has 3 aromatic rings. The van der Waals surface area contributed by atoms with Gasteiger partial charge in [-0.05, 0) is 22.8 Å². The van der Waals surface area contributed by atoms with Gasteiger partial charge >= 0.3 is 6.18 Å². The number of carboxylic acids is 1. The molecular formula is C20H17F3N3O2-. The zero-order chi connectivity index (χ0) is 20.1. The maximum atomic E-state index is 12.7. The van der Waals surface area contributed by atoms with E-state index in [2.05, 4.69) is 10.3 Å². The molecule has 0 amide bonds. The molecule has 0 bridgehead atoms. The van der Waals surface area contributed by atoms with Gasteiger partial charge < -0.3 is 19.8 Å². The molecule has 146 valence electrons. The van der Waals surface area contributed by atoms with Crippen LogP contribution in [0.3, 0.4) is 0 Å². The van der Waals surface area contributed by atoms with Gasteiger partial charge in [-0.15, -0.1) is 0 Å². The lowest BCUT2D eigenvalue weighted by atomic mass is 10.1. The fourth-order valence-corrected chi connectivity index (χ4v) is 2.73. The predicted octanol–water partition coefficient (Wildman–Crippen LogP) is 2.60. The topological polar surface area (TPSA) is 70.0 Å². The molecule has 0 aliphatic rings. The van der Waals surface area contributed by atoms with Gasteiger partial charge in [-0.25, -0.2) is 4.98 Å². The molecule has 0 saturated heterocycles. The molecule has 0 fully saturated rings. The van der Waals surface area contributed by atoms with E-state index < -0.39 is 17.7 Å². The molecule has 1 aromatic heterocycles. The quantitative estimate of drug-likeness (QED) is 0.676. The summed E-state index contributed by atoms with van der Waals surface area (Å²) in [4.78, 5) is 15.0. The van der Waals surface area contributed by atoms with Crippen molar-refractivity contribution in [2.75, 3.05) is 0 Å². The summed E-state index contributed by atoms with van der Waals surface area (Å²) in [6.45, 7) is 1.22. The van der Waals surface area contributed by atoms with Crippen LogP contribution in [0.1, 0.15) is 32.7 Å². The van der Waals surface area contributed by atoms with Gasteiger partial charge in [0.2, 0.25) is 0 Å². The van der Waals surface area contributed by atoms with Crippen molar-refractivity contribution in [1.29, 1.82) is 0 Å². The fraction of sp³-hybridized carbons (Fsp3) is 0.200. The Morgan fingerprint density at radius 1 is 1.07 bits per heavy atom. The summed E-state index contributed by atoms with van der Waals surface area (Å²) in [6, 6.07) is 11.6. The Balaban J connectivity index is 1.53. The van der Waals surface area contributed by atoms with E-state index in [4.69, 9.17) is 0 Å². The number of halogens is 3. The van der Waals surface area contributed by atoms with Crippen LogP contribution in [0.4, 0.5) is 13.2 Å². The Morgan fingerprint density at radius 2 is 1.82 bits per heavy atom. The molecular weight excluding hydrogens is 371 g/mol. The van der Waals surface area contributed by atoms with Crippen molar-refractivity contribution in [3.05, 3.63) is 89.0 Å². The molecule has 0 aliphatic carbocycles. The minimum absolute atomic E-state index is 0.119. The number of nitrogens with one attached hydrogen (secondary N) is 1. The Hall–Kier alpha value is -3.13. The number of nitrogens with zero attached hydrogens (tertiary/aromatic N) is 2. The molecule has 1 N–H and O–H groups in total. The highest BCUT2D eigenvalue weighted by Gasteiger charge is 2.30. The monoisotopic (exact) mass is 388 g/mol. The first kappa shape index (κ1) is 19.6. The first-order valence-corrected chi connectivity index (χ1v) is 8.49. The molecule has 1 heterocycles. The second-order valence-corrected chi connectivity index (χ2v) is 6.32. The standard InChI is InChI=1S/C20H18F3N3O2/c21-20(22,23)17-3-1-2-15(8-17)9-24-10-18-12-26(13-25-18)11-14-4-6-16(7-5-14)19(27)28/h1-8,12-13,24H,9-11H2,(H,27,28)/p-1. The summed E-state index contributed by atoms with van der Waals surface area (Å²) in [5.41, 5.74) is 1.65. The van der Waals surface area contributed by atoms with Crippen LogP contribution in [-0.2, 0) is 25.8 Å². The molecule has 0 atom stereocenters. The average Bonchev–Trinajstić information content (AvgIpc) is 3.09. The van der Waals surface area contributed by atoms with E-state index in [-0.39, 0.29) is 5.56 Å². The number of imidazole rings is 1. The van der Waals surface area contributed by atoms with Gasteiger partial charge in [-0.1, -0.05) is 42.5 Å². The third-order valence-corrected chi connectivity index (χ3v) is 4.13. The number of aromatic nitrogens is 2. The summed E-state index contributed by atoms with van der Waals surface area (Å²) >= 11 is 0. The van der Waals surface area contributed by atoms with Crippen LogP contribution in [-0.4, -0.2) is 15.5 Å². The first-order chi connectivity index (χ1) is 13.3. The van der Waals surface area contributed by atoms with Gasteiger partial charge in [0, 0.05) is 25.8 Å². The number of benzene rings is 2. The van der Waals surface area contributed by atoms with E-state index in [1.165, 1.54) is 18.2 Å². The van der Waals surface area contributed by atoms with Crippen molar-refractivity contribution in [3.8, 4) is 0 Å². The van der Waals surface area contributed by atoms with Crippen molar-refractivity contribution >= 4 is 5.97 Å². The molecule has 28 heavy (non-hydrogen) atoms.